The number of anilines is 1. The van der Waals surface area contributed by atoms with Gasteiger partial charge in [-0.25, -0.2) is 0 Å². The summed E-state index contributed by atoms with van der Waals surface area (Å²) in [5.41, 5.74) is 3.27. The van der Waals surface area contributed by atoms with Crippen LogP contribution in [0.5, 0.6) is 0 Å². The summed E-state index contributed by atoms with van der Waals surface area (Å²) in [4.78, 5) is 25.6. The maximum atomic E-state index is 12.4. The van der Waals surface area contributed by atoms with Gasteiger partial charge in [-0.15, -0.1) is 0 Å². The molecular formula is C18H24N2O2. The largest absolute Gasteiger partial charge is 0.384 e. The van der Waals surface area contributed by atoms with Crippen molar-refractivity contribution in [2.75, 3.05) is 25.0 Å². The van der Waals surface area contributed by atoms with Crippen LogP contribution in [0.25, 0.3) is 0 Å². The molecule has 1 amide bonds. The summed E-state index contributed by atoms with van der Waals surface area (Å²) in [5, 5.41) is 3.33. The van der Waals surface area contributed by atoms with Crippen molar-refractivity contribution in [2.24, 2.45) is 5.92 Å². The number of ketones is 1. The van der Waals surface area contributed by atoms with Crippen molar-refractivity contribution in [1.82, 2.24) is 4.90 Å². The predicted molar refractivity (Wildman–Crippen MR) is 87.2 cm³/mol. The minimum absolute atomic E-state index is 0.167. The van der Waals surface area contributed by atoms with Crippen molar-refractivity contribution in [3.8, 4) is 0 Å². The smallest absolute Gasteiger partial charge is 0.219 e. The summed E-state index contributed by atoms with van der Waals surface area (Å²) >= 11 is 0. The van der Waals surface area contributed by atoms with Crippen LogP contribution >= 0.6 is 0 Å². The van der Waals surface area contributed by atoms with Crippen LogP contribution in [0.1, 0.15) is 48.5 Å². The molecule has 2 aliphatic rings. The van der Waals surface area contributed by atoms with Crippen LogP contribution in [0.3, 0.4) is 0 Å². The average molecular weight is 300 g/mol. The molecule has 2 aliphatic heterocycles. The molecular weight excluding hydrogens is 276 g/mol. The summed E-state index contributed by atoms with van der Waals surface area (Å²) < 4.78 is 0. The topological polar surface area (TPSA) is 49.4 Å². The second kappa shape index (κ2) is 6.51. The number of amides is 1. The number of nitrogens with zero attached hydrogens (tertiary/aromatic N) is 1. The minimum atomic E-state index is 0.167. The molecule has 118 valence electrons. The first-order chi connectivity index (χ1) is 10.6. The van der Waals surface area contributed by atoms with E-state index < -0.39 is 0 Å². The van der Waals surface area contributed by atoms with Gasteiger partial charge in [0.1, 0.15) is 0 Å². The lowest BCUT2D eigenvalue weighted by Gasteiger charge is -2.31. The van der Waals surface area contributed by atoms with E-state index in [1.165, 1.54) is 5.56 Å². The Labute approximate surface area is 131 Å². The highest BCUT2D eigenvalue weighted by Gasteiger charge is 2.21. The molecule has 0 bridgehead atoms. The van der Waals surface area contributed by atoms with Crippen LogP contribution in [0.2, 0.25) is 0 Å². The fraction of sp³-hybridized carbons (Fsp3) is 0.556. The quantitative estimate of drug-likeness (QED) is 0.870. The Hall–Kier alpha value is -1.84. The van der Waals surface area contributed by atoms with E-state index in [4.69, 9.17) is 0 Å². The molecule has 1 saturated heterocycles. The highest BCUT2D eigenvalue weighted by molar-refractivity contribution is 5.97. The molecule has 4 heteroatoms. The normalized spacial score (nSPS) is 18.0. The third kappa shape index (κ3) is 3.32. The standard InChI is InChI=1S/C18H24N2O2/c1-13(21)20-10-7-14(8-11-20)2-5-18(22)16-4-3-15-6-9-19-17(15)12-16/h3-4,12,14,19H,2,5-11H2,1H3. The molecule has 4 nitrogen and oxygen atoms in total. The van der Waals surface area contributed by atoms with Gasteiger partial charge in [-0.2, -0.15) is 0 Å². The van der Waals surface area contributed by atoms with Gasteiger partial charge < -0.3 is 10.2 Å². The number of carbonyl (C=O) groups is 2. The maximum absolute atomic E-state index is 12.4. The third-order valence-corrected chi connectivity index (χ3v) is 4.98. The SMILES string of the molecule is CC(=O)N1CCC(CCC(=O)c2ccc3c(c2)NCC3)CC1. The van der Waals surface area contributed by atoms with E-state index in [0.717, 1.165) is 56.6 Å². The van der Waals surface area contributed by atoms with Crippen LogP contribution in [0.4, 0.5) is 5.69 Å². The molecule has 0 aliphatic carbocycles. The average Bonchev–Trinajstić information content (AvgIpc) is 3.00. The summed E-state index contributed by atoms with van der Waals surface area (Å²) in [6.45, 7) is 4.29. The minimum Gasteiger partial charge on any atom is -0.384 e. The number of likely N-dealkylation sites (tertiary alicyclic amines) is 1. The molecule has 1 aromatic rings. The molecule has 1 aromatic carbocycles. The van der Waals surface area contributed by atoms with Gasteiger partial charge in [-0.3, -0.25) is 9.59 Å². The Morgan fingerprint density at radius 1 is 1.27 bits per heavy atom. The Morgan fingerprint density at radius 3 is 2.77 bits per heavy atom. The summed E-state index contributed by atoms with van der Waals surface area (Å²) in [5.74, 6) is 0.984. The number of rotatable bonds is 4. The number of hydrogen-bond acceptors (Lipinski definition) is 3. The third-order valence-electron chi connectivity index (χ3n) is 4.98. The van der Waals surface area contributed by atoms with E-state index >= 15 is 0 Å². The highest BCUT2D eigenvalue weighted by atomic mass is 16.2. The molecule has 2 heterocycles. The van der Waals surface area contributed by atoms with E-state index in [1.54, 1.807) is 6.92 Å². The zero-order chi connectivity index (χ0) is 15.5. The number of carbonyl (C=O) groups excluding carboxylic acids is 2. The second-order valence-corrected chi connectivity index (χ2v) is 6.46. The maximum Gasteiger partial charge on any atom is 0.219 e. The zero-order valence-corrected chi connectivity index (χ0v) is 13.2. The molecule has 0 spiro atoms. The number of piperidine rings is 1. The van der Waals surface area contributed by atoms with Gasteiger partial charge in [-0.1, -0.05) is 12.1 Å². The van der Waals surface area contributed by atoms with Gasteiger partial charge >= 0.3 is 0 Å². The summed E-state index contributed by atoms with van der Waals surface area (Å²) in [7, 11) is 0. The first kappa shape index (κ1) is 15.1. The molecule has 0 aromatic heterocycles. The Kier molecular flexibility index (Phi) is 4.46. The molecule has 0 saturated carbocycles. The number of hydrogen-bond donors (Lipinski definition) is 1. The van der Waals surface area contributed by atoms with Crippen LogP contribution in [-0.4, -0.2) is 36.2 Å². The Morgan fingerprint density at radius 2 is 2.05 bits per heavy atom. The van der Waals surface area contributed by atoms with Crippen LogP contribution < -0.4 is 5.32 Å². The lowest BCUT2D eigenvalue weighted by atomic mass is 9.90. The Balaban J connectivity index is 1.50. The van der Waals surface area contributed by atoms with Gasteiger partial charge in [0.25, 0.3) is 0 Å². The van der Waals surface area contributed by atoms with Gasteiger partial charge in [0.2, 0.25) is 5.91 Å². The van der Waals surface area contributed by atoms with E-state index in [2.05, 4.69) is 11.4 Å². The number of fused-ring (bicyclic) bond motifs is 1. The van der Waals surface area contributed by atoms with E-state index in [1.807, 2.05) is 17.0 Å². The van der Waals surface area contributed by atoms with Crippen molar-refractivity contribution in [3.05, 3.63) is 29.3 Å². The fourth-order valence-corrected chi connectivity index (χ4v) is 3.48. The molecule has 0 radical (unpaired) electrons. The summed E-state index contributed by atoms with van der Waals surface area (Å²) in [6.07, 6.45) is 4.66. The molecule has 0 atom stereocenters. The lowest BCUT2D eigenvalue weighted by molar-refractivity contribution is -0.130. The summed E-state index contributed by atoms with van der Waals surface area (Å²) in [6, 6.07) is 6.05. The molecule has 1 N–H and O–H groups in total. The number of Topliss-reactive ketones (excluding diaryl/α,β-unsaturated/α-hetero) is 1. The molecule has 0 unspecified atom stereocenters. The van der Waals surface area contributed by atoms with Crippen molar-refractivity contribution >= 4 is 17.4 Å². The van der Waals surface area contributed by atoms with Crippen molar-refractivity contribution < 1.29 is 9.59 Å². The number of nitrogens with one attached hydrogen (secondary N) is 1. The van der Waals surface area contributed by atoms with Crippen LogP contribution in [0.15, 0.2) is 18.2 Å². The lowest BCUT2D eigenvalue weighted by Crippen LogP contribution is -2.37. The van der Waals surface area contributed by atoms with Crippen LogP contribution in [0, 0.1) is 5.92 Å². The molecule has 1 fully saturated rings. The van der Waals surface area contributed by atoms with Gasteiger partial charge in [0.05, 0.1) is 0 Å². The molecule has 22 heavy (non-hydrogen) atoms. The fourth-order valence-electron chi connectivity index (χ4n) is 3.48. The second-order valence-electron chi connectivity index (χ2n) is 6.46. The predicted octanol–water partition coefficient (Wildman–Crippen LogP) is 2.88. The Bertz CT molecular complexity index is 574. The van der Waals surface area contributed by atoms with Gasteiger partial charge in [-0.05, 0) is 43.2 Å². The van der Waals surface area contributed by atoms with Gasteiger partial charge in [0.15, 0.2) is 5.78 Å². The first-order valence-corrected chi connectivity index (χ1v) is 8.29. The van der Waals surface area contributed by atoms with E-state index in [0.29, 0.717) is 12.3 Å². The zero-order valence-electron chi connectivity index (χ0n) is 13.2. The van der Waals surface area contributed by atoms with Crippen LogP contribution in [-0.2, 0) is 11.2 Å². The van der Waals surface area contributed by atoms with E-state index in [9.17, 15) is 9.59 Å². The highest BCUT2D eigenvalue weighted by Crippen LogP contribution is 2.26. The number of benzene rings is 1. The van der Waals surface area contributed by atoms with Gasteiger partial charge in [0, 0.05) is 44.2 Å². The van der Waals surface area contributed by atoms with Crippen molar-refractivity contribution in [3.63, 3.8) is 0 Å². The first-order valence-electron chi connectivity index (χ1n) is 8.29. The van der Waals surface area contributed by atoms with E-state index in [-0.39, 0.29) is 11.7 Å². The van der Waals surface area contributed by atoms with Crippen molar-refractivity contribution in [2.45, 2.75) is 39.0 Å². The molecule has 3 rings (SSSR count). The van der Waals surface area contributed by atoms with Crippen molar-refractivity contribution in [1.29, 1.82) is 0 Å². The monoisotopic (exact) mass is 300 g/mol.